The number of pyridine rings is 1. The van der Waals surface area contributed by atoms with Crippen LogP contribution in [0.15, 0.2) is 28.9 Å². The van der Waals surface area contributed by atoms with E-state index in [0.717, 1.165) is 38.7 Å². The van der Waals surface area contributed by atoms with Crippen molar-refractivity contribution in [2.45, 2.75) is 25.9 Å². The molecule has 3 aromatic rings. The third-order valence-corrected chi connectivity index (χ3v) is 4.79. The van der Waals surface area contributed by atoms with Gasteiger partial charge >= 0.3 is 0 Å². The predicted molar refractivity (Wildman–Crippen MR) is 94.6 cm³/mol. The molecule has 0 saturated heterocycles. The third-order valence-electron chi connectivity index (χ3n) is 3.38. The van der Waals surface area contributed by atoms with Crippen LogP contribution in [0, 0.1) is 0 Å². The molecule has 3 N–H and O–H groups in total. The smallest absolute Gasteiger partial charge is 0.159 e. The summed E-state index contributed by atoms with van der Waals surface area (Å²) in [6, 6.07) is 5.65. The fourth-order valence-corrected chi connectivity index (χ4v) is 3.96. The van der Waals surface area contributed by atoms with E-state index < -0.39 is 0 Å². The van der Waals surface area contributed by atoms with Crippen LogP contribution in [0.25, 0.3) is 10.2 Å². The first-order valence-electron chi connectivity index (χ1n) is 7.26. The Hall–Kier alpha value is -1.76. The van der Waals surface area contributed by atoms with Gasteiger partial charge in [0, 0.05) is 18.5 Å². The van der Waals surface area contributed by atoms with Crippen molar-refractivity contribution in [3.8, 4) is 5.75 Å². The van der Waals surface area contributed by atoms with E-state index in [4.69, 9.17) is 26.5 Å². The minimum Gasteiger partial charge on any atom is -0.493 e. The van der Waals surface area contributed by atoms with Gasteiger partial charge in [0.05, 0.1) is 35.2 Å². The second-order valence-electron chi connectivity index (χ2n) is 5.34. The number of thiophene rings is 1. The molecule has 3 aromatic heterocycles. The highest BCUT2D eigenvalue weighted by Gasteiger charge is 2.19. The van der Waals surface area contributed by atoms with Gasteiger partial charge in [-0.3, -0.25) is 0 Å². The Morgan fingerprint density at radius 1 is 1.52 bits per heavy atom. The van der Waals surface area contributed by atoms with Crippen molar-refractivity contribution in [1.29, 1.82) is 0 Å². The second kappa shape index (κ2) is 6.78. The highest BCUT2D eigenvalue weighted by Crippen LogP contribution is 2.42. The number of nitrogens with two attached hydrogens (primary N) is 1. The minimum absolute atomic E-state index is 0.0481. The number of ether oxygens (including phenoxy) is 1. The zero-order valence-electron chi connectivity index (χ0n) is 12.9. The Morgan fingerprint density at radius 3 is 3.00 bits per heavy atom. The highest BCUT2D eigenvalue weighted by molar-refractivity contribution is 7.20. The summed E-state index contributed by atoms with van der Waals surface area (Å²) in [6.07, 6.45) is 2.39. The molecule has 23 heavy (non-hydrogen) atoms. The lowest BCUT2D eigenvalue weighted by atomic mass is 10.2. The molecule has 0 aliphatic rings. The molecule has 0 saturated carbocycles. The Balaban J connectivity index is 2.01. The first-order valence-corrected chi connectivity index (χ1v) is 8.45. The maximum Gasteiger partial charge on any atom is 0.159 e. The van der Waals surface area contributed by atoms with Gasteiger partial charge in [0.25, 0.3) is 0 Å². The highest BCUT2D eigenvalue weighted by atomic mass is 35.5. The number of hydrogen-bond acceptors (Lipinski definition) is 6. The van der Waals surface area contributed by atoms with Gasteiger partial charge in [-0.15, -0.1) is 11.3 Å². The number of aromatic nitrogens is 1. The van der Waals surface area contributed by atoms with Crippen molar-refractivity contribution in [2.24, 2.45) is 5.73 Å². The topological polar surface area (TPSA) is 73.3 Å². The van der Waals surface area contributed by atoms with Crippen LogP contribution >= 0.6 is 22.9 Å². The molecule has 0 spiro atoms. The molecule has 7 heteroatoms. The fourth-order valence-electron chi connectivity index (χ4n) is 2.43. The molecule has 0 aliphatic carbocycles. The Morgan fingerprint density at radius 2 is 2.35 bits per heavy atom. The number of methoxy groups -OCH3 is 1. The third kappa shape index (κ3) is 3.44. The molecule has 0 unspecified atom stereocenters. The summed E-state index contributed by atoms with van der Waals surface area (Å²) in [5, 5.41) is 3.77. The number of anilines is 1. The Kier molecular flexibility index (Phi) is 4.75. The Bertz CT molecular complexity index is 799. The van der Waals surface area contributed by atoms with Crippen molar-refractivity contribution in [1.82, 2.24) is 4.98 Å². The van der Waals surface area contributed by atoms with Gasteiger partial charge in [0.2, 0.25) is 0 Å². The van der Waals surface area contributed by atoms with Gasteiger partial charge in [-0.1, -0.05) is 11.6 Å². The van der Waals surface area contributed by atoms with E-state index in [1.165, 1.54) is 0 Å². The largest absolute Gasteiger partial charge is 0.493 e. The van der Waals surface area contributed by atoms with Crippen LogP contribution in [-0.2, 0) is 13.0 Å². The molecule has 0 aliphatic heterocycles. The average Bonchev–Trinajstić information content (AvgIpc) is 3.11. The number of hydrogen-bond donors (Lipinski definition) is 2. The first kappa shape index (κ1) is 16.1. The molecule has 0 fully saturated rings. The number of nitrogens with zero attached hydrogens (tertiary/aromatic N) is 1. The van der Waals surface area contributed by atoms with Crippen molar-refractivity contribution in [3.63, 3.8) is 0 Å². The van der Waals surface area contributed by atoms with Crippen LogP contribution in [0.3, 0.4) is 0 Å². The number of fused-ring (bicyclic) bond motifs is 1. The van der Waals surface area contributed by atoms with Crippen molar-refractivity contribution in [2.75, 3.05) is 12.4 Å². The summed E-state index contributed by atoms with van der Waals surface area (Å²) in [5.74, 6) is 1.61. The summed E-state index contributed by atoms with van der Waals surface area (Å²) >= 11 is 7.81. The van der Waals surface area contributed by atoms with E-state index in [-0.39, 0.29) is 6.04 Å². The van der Waals surface area contributed by atoms with E-state index >= 15 is 0 Å². The number of furan rings is 1. The van der Waals surface area contributed by atoms with Crippen LogP contribution in [0.5, 0.6) is 5.75 Å². The van der Waals surface area contributed by atoms with Gasteiger partial charge in [-0.2, -0.15) is 0 Å². The average molecular weight is 352 g/mol. The van der Waals surface area contributed by atoms with Crippen LogP contribution in [0.2, 0.25) is 5.15 Å². The van der Waals surface area contributed by atoms with Crippen molar-refractivity contribution in [3.05, 3.63) is 40.3 Å². The van der Waals surface area contributed by atoms with Crippen molar-refractivity contribution >= 4 is 38.8 Å². The van der Waals surface area contributed by atoms with E-state index in [9.17, 15) is 0 Å². The molecule has 3 rings (SSSR count). The summed E-state index contributed by atoms with van der Waals surface area (Å²) in [6.45, 7) is 2.55. The maximum absolute atomic E-state index is 6.18. The predicted octanol–water partition coefficient (Wildman–Crippen LogP) is 4.05. The van der Waals surface area contributed by atoms with E-state index in [0.29, 0.717) is 11.7 Å². The van der Waals surface area contributed by atoms with E-state index in [1.807, 2.05) is 25.1 Å². The van der Waals surface area contributed by atoms with Gasteiger partial charge in [0.1, 0.15) is 16.4 Å². The number of rotatable bonds is 6. The molecule has 1 atom stereocenters. The summed E-state index contributed by atoms with van der Waals surface area (Å²) < 4.78 is 11.9. The maximum atomic E-state index is 6.18. The molecule has 0 aromatic carbocycles. The molecule has 122 valence electrons. The van der Waals surface area contributed by atoms with Crippen LogP contribution < -0.4 is 15.8 Å². The van der Waals surface area contributed by atoms with Crippen LogP contribution in [0.1, 0.15) is 17.6 Å². The molecule has 0 amide bonds. The molecular formula is C16H18ClN3O2S. The quantitative estimate of drug-likeness (QED) is 0.655. The minimum atomic E-state index is 0.0481. The van der Waals surface area contributed by atoms with Gasteiger partial charge in [-0.25, -0.2) is 4.98 Å². The number of nitrogens with one attached hydrogen (secondary N) is 1. The van der Waals surface area contributed by atoms with Gasteiger partial charge < -0.3 is 20.2 Å². The molecule has 5 nitrogen and oxygen atoms in total. The molecular weight excluding hydrogens is 334 g/mol. The monoisotopic (exact) mass is 351 g/mol. The fraction of sp³-hybridized carbons (Fsp3) is 0.312. The van der Waals surface area contributed by atoms with Gasteiger partial charge in [-0.05, 0) is 19.1 Å². The van der Waals surface area contributed by atoms with E-state index in [1.54, 1.807) is 24.7 Å². The van der Waals surface area contributed by atoms with Gasteiger partial charge in [0.15, 0.2) is 5.75 Å². The Labute approximate surface area is 143 Å². The summed E-state index contributed by atoms with van der Waals surface area (Å²) in [7, 11) is 1.64. The standard InChI is InChI=1S/C16H18ClN3O2S/c1-9(18)6-12-15(21-2)14-16(23-12)11(7-13(17)20-14)19-8-10-4-3-5-22-10/h3-5,7,9H,6,8,18H2,1-2H3,(H,19,20)/t9-/m0/s1. The van der Waals surface area contributed by atoms with Crippen LogP contribution in [-0.4, -0.2) is 18.1 Å². The van der Waals surface area contributed by atoms with E-state index in [2.05, 4.69) is 10.3 Å². The molecule has 0 radical (unpaired) electrons. The zero-order chi connectivity index (χ0) is 16.4. The first-order chi connectivity index (χ1) is 11.1. The molecule has 0 bridgehead atoms. The molecule has 3 heterocycles. The second-order valence-corrected chi connectivity index (χ2v) is 6.84. The summed E-state index contributed by atoms with van der Waals surface area (Å²) in [4.78, 5) is 5.50. The SMILES string of the molecule is COc1c(C[C@H](C)N)sc2c(NCc3ccco3)cc(Cl)nc12. The lowest BCUT2D eigenvalue weighted by Crippen LogP contribution is -2.17. The van der Waals surface area contributed by atoms with Crippen molar-refractivity contribution < 1.29 is 9.15 Å². The lowest BCUT2D eigenvalue weighted by molar-refractivity contribution is 0.415. The number of halogens is 1. The zero-order valence-corrected chi connectivity index (χ0v) is 14.5. The van der Waals surface area contributed by atoms with Crippen LogP contribution in [0.4, 0.5) is 5.69 Å². The normalized spacial score (nSPS) is 12.5. The summed E-state index contributed by atoms with van der Waals surface area (Å²) in [5.41, 5.74) is 7.62. The lowest BCUT2D eigenvalue weighted by Gasteiger charge is -2.07.